The Kier molecular flexibility index (Phi) is 4.41. The first kappa shape index (κ1) is 18.0. The van der Waals surface area contributed by atoms with Gasteiger partial charge in [-0.15, -0.1) is 0 Å². The average Bonchev–Trinajstić information content (AvgIpc) is 3.03. The number of aliphatic hydroxyl groups excluding tert-OH is 4. The van der Waals surface area contributed by atoms with Gasteiger partial charge in [0.05, 0.1) is 12.0 Å². The second-order valence-corrected chi connectivity index (χ2v) is 6.50. The van der Waals surface area contributed by atoms with E-state index in [2.05, 4.69) is 0 Å². The fourth-order valence-electron chi connectivity index (χ4n) is 3.40. The first-order valence-corrected chi connectivity index (χ1v) is 8.34. The first-order valence-electron chi connectivity index (χ1n) is 8.34. The van der Waals surface area contributed by atoms with E-state index in [1.54, 1.807) is 18.2 Å². The number of fused-ring (bicyclic) bond motifs is 2. The van der Waals surface area contributed by atoms with Crippen LogP contribution in [0.2, 0.25) is 0 Å². The zero-order valence-corrected chi connectivity index (χ0v) is 14.0. The lowest BCUT2D eigenvalue weighted by molar-refractivity contribution is -0.277. The van der Waals surface area contributed by atoms with Crippen LogP contribution in [0, 0.1) is 0 Å². The van der Waals surface area contributed by atoms with Gasteiger partial charge in [-0.05, 0) is 17.5 Å². The average molecular weight is 378 g/mol. The van der Waals surface area contributed by atoms with Gasteiger partial charge < -0.3 is 39.7 Å². The van der Waals surface area contributed by atoms with Gasteiger partial charge in [0.1, 0.15) is 48.1 Å². The molecule has 0 bridgehead atoms. The van der Waals surface area contributed by atoms with E-state index in [-0.39, 0.29) is 29.1 Å². The van der Waals surface area contributed by atoms with Gasteiger partial charge in [0.15, 0.2) is 0 Å². The Balaban J connectivity index is 1.74. The molecule has 1 fully saturated rings. The summed E-state index contributed by atoms with van der Waals surface area (Å²) in [6.45, 7) is -0.527. The Labute approximate surface area is 152 Å². The van der Waals surface area contributed by atoms with E-state index in [0.29, 0.717) is 10.9 Å². The Morgan fingerprint density at radius 1 is 1.15 bits per heavy atom. The predicted octanol–water partition coefficient (Wildman–Crippen LogP) is -0.606. The minimum Gasteiger partial charge on any atom is -0.506 e. The van der Waals surface area contributed by atoms with Crippen molar-refractivity contribution in [3.63, 3.8) is 0 Å². The molecule has 0 spiro atoms. The van der Waals surface area contributed by atoms with Gasteiger partial charge in [-0.3, -0.25) is 0 Å². The van der Waals surface area contributed by atoms with Gasteiger partial charge in [-0.1, -0.05) is 12.1 Å². The molecule has 2 aliphatic rings. The molecule has 0 saturated carbocycles. The maximum atomic E-state index is 11.9. The van der Waals surface area contributed by atoms with E-state index in [1.807, 2.05) is 0 Å². The monoisotopic (exact) mass is 378 g/mol. The molecule has 9 nitrogen and oxygen atoms in total. The molecule has 2 aromatic rings. The number of phenols is 1. The molecule has 0 aromatic heterocycles. The number of phenolic OH excluding ortho intramolecular Hbond substituents is 1. The fraction of sp³-hybridized carbons (Fsp3) is 0.389. The molecule has 2 heterocycles. The van der Waals surface area contributed by atoms with Crippen molar-refractivity contribution in [3.05, 3.63) is 35.4 Å². The predicted molar refractivity (Wildman–Crippen MR) is 89.1 cm³/mol. The number of benzene rings is 2. The standard InChI is InChI=1S/C18H18O9/c19-5-10-13(20)15(22)16(23)18(27-10)26-9-3-1-2-7-4-8-6-25-17(24)12(8)14(21)11(7)9/h1-4,10,13,15-16,18-23H,5-6H2. The van der Waals surface area contributed by atoms with E-state index in [1.165, 1.54) is 6.07 Å². The van der Waals surface area contributed by atoms with Crippen molar-refractivity contribution >= 4 is 16.7 Å². The summed E-state index contributed by atoms with van der Waals surface area (Å²) in [5.41, 5.74) is 0.599. The highest BCUT2D eigenvalue weighted by molar-refractivity contribution is 6.06. The van der Waals surface area contributed by atoms with Gasteiger partial charge in [-0.25, -0.2) is 4.79 Å². The molecule has 0 aliphatic carbocycles. The summed E-state index contributed by atoms with van der Waals surface area (Å²) in [6.07, 6.45) is -7.24. The smallest absolute Gasteiger partial charge is 0.342 e. The van der Waals surface area contributed by atoms with E-state index >= 15 is 0 Å². The van der Waals surface area contributed by atoms with Crippen molar-refractivity contribution in [1.82, 2.24) is 0 Å². The van der Waals surface area contributed by atoms with E-state index in [0.717, 1.165) is 0 Å². The largest absolute Gasteiger partial charge is 0.506 e. The SMILES string of the molecule is O=C1OCc2cc3cccc(OC4OC(CO)C(O)C(O)C4O)c3c(O)c21. The van der Waals surface area contributed by atoms with E-state index in [4.69, 9.17) is 14.2 Å². The molecule has 144 valence electrons. The lowest BCUT2D eigenvalue weighted by atomic mass is 9.98. The molecule has 0 amide bonds. The number of hydrogen-bond donors (Lipinski definition) is 5. The van der Waals surface area contributed by atoms with Crippen LogP contribution < -0.4 is 4.74 Å². The first-order chi connectivity index (χ1) is 12.9. The molecule has 5 unspecified atom stereocenters. The highest BCUT2D eigenvalue weighted by Gasteiger charge is 2.45. The Morgan fingerprint density at radius 2 is 1.93 bits per heavy atom. The van der Waals surface area contributed by atoms with Crippen LogP contribution in [0.3, 0.4) is 0 Å². The Morgan fingerprint density at radius 3 is 2.67 bits per heavy atom. The number of rotatable bonds is 3. The summed E-state index contributed by atoms with van der Waals surface area (Å²) >= 11 is 0. The quantitative estimate of drug-likeness (QED) is 0.442. The number of aliphatic hydroxyl groups is 4. The second kappa shape index (κ2) is 6.63. The number of aromatic hydroxyl groups is 1. The molecular weight excluding hydrogens is 360 g/mol. The zero-order valence-electron chi connectivity index (χ0n) is 14.0. The molecule has 1 saturated heterocycles. The van der Waals surface area contributed by atoms with Crippen LogP contribution in [0.4, 0.5) is 0 Å². The van der Waals surface area contributed by atoms with Crippen molar-refractivity contribution in [2.75, 3.05) is 6.61 Å². The second-order valence-electron chi connectivity index (χ2n) is 6.50. The molecule has 27 heavy (non-hydrogen) atoms. The van der Waals surface area contributed by atoms with Gasteiger partial charge in [0.25, 0.3) is 0 Å². The molecule has 2 aliphatic heterocycles. The van der Waals surface area contributed by atoms with Crippen LogP contribution in [0.1, 0.15) is 15.9 Å². The molecular formula is C18H18O9. The number of hydrogen-bond acceptors (Lipinski definition) is 9. The number of carbonyl (C=O) groups excluding carboxylic acids is 1. The molecule has 5 atom stereocenters. The third kappa shape index (κ3) is 2.80. The van der Waals surface area contributed by atoms with Gasteiger partial charge in [0, 0.05) is 5.56 Å². The summed E-state index contributed by atoms with van der Waals surface area (Å²) in [7, 11) is 0. The van der Waals surface area contributed by atoms with Crippen LogP contribution in [0.15, 0.2) is 24.3 Å². The van der Waals surface area contributed by atoms with Gasteiger partial charge in [0.2, 0.25) is 6.29 Å². The van der Waals surface area contributed by atoms with Crippen LogP contribution in [-0.2, 0) is 16.1 Å². The number of esters is 1. The number of carbonyl (C=O) groups is 1. The lowest BCUT2D eigenvalue weighted by Crippen LogP contribution is -2.60. The molecule has 5 N–H and O–H groups in total. The summed E-state index contributed by atoms with van der Waals surface area (Å²) < 4.78 is 15.9. The fourth-order valence-corrected chi connectivity index (χ4v) is 3.40. The van der Waals surface area contributed by atoms with Gasteiger partial charge in [-0.2, -0.15) is 0 Å². The minimum absolute atomic E-state index is 0.0485. The summed E-state index contributed by atoms with van der Waals surface area (Å²) in [5, 5.41) is 50.5. The molecule has 2 aromatic carbocycles. The number of ether oxygens (including phenoxy) is 3. The van der Waals surface area contributed by atoms with Crippen molar-refractivity contribution < 1.29 is 44.5 Å². The lowest BCUT2D eigenvalue weighted by Gasteiger charge is -2.39. The minimum atomic E-state index is -1.60. The Bertz CT molecular complexity index is 894. The maximum absolute atomic E-state index is 11.9. The molecule has 4 rings (SSSR count). The highest BCUT2D eigenvalue weighted by Crippen LogP contribution is 2.41. The van der Waals surface area contributed by atoms with E-state index < -0.39 is 43.3 Å². The highest BCUT2D eigenvalue weighted by atomic mass is 16.7. The Hall–Kier alpha value is -2.43. The third-order valence-corrected chi connectivity index (χ3v) is 4.84. The van der Waals surface area contributed by atoms with Crippen LogP contribution in [-0.4, -0.2) is 68.8 Å². The summed E-state index contributed by atoms with van der Waals surface area (Å²) in [6, 6.07) is 6.54. The van der Waals surface area contributed by atoms with E-state index in [9.17, 15) is 30.3 Å². The summed E-state index contributed by atoms with van der Waals surface area (Å²) in [4.78, 5) is 11.9. The van der Waals surface area contributed by atoms with Crippen molar-refractivity contribution in [2.24, 2.45) is 0 Å². The van der Waals surface area contributed by atoms with Crippen LogP contribution in [0.5, 0.6) is 11.5 Å². The van der Waals surface area contributed by atoms with Gasteiger partial charge >= 0.3 is 5.97 Å². The summed E-state index contributed by atoms with van der Waals surface area (Å²) in [5.74, 6) is -0.867. The maximum Gasteiger partial charge on any atom is 0.342 e. The van der Waals surface area contributed by atoms with Crippen molar-refractivity contribution in [1.29, 1.82) is 0 Å². The molecule has 0 radical (unpaired) electrons. The van der Waals surface area contributed by atoms with Crippen LogP contribution >= 0.6 is 0 Å². The molecule has 9 heteroatoms. The van der Waals surface area contributed by atoms with Crippen LogP contribution in [0.25, 0.3) is 10.8 Å². The third-order valence-electron chi connectivity index (χ3n) is 4.84. The topological polar surface area (TPSA) is 146 Å². The normalized spacial score (nSPS) is 30.2. The van der Waals surface area contributed by atoms with Crippen molar-refractivity contribution in [2.45, 2.75) is 37.3 Å². The number of cyclic esters (lactones) is 1. The zero-order chi connectivity index (χ0) is 19.3. The van der Waals surface area contributed by atoms with Crippen molar-refractivity contribution in [3.8, 4) is 11.5 Å².